The Labute approximate surface area is 415 Å². The van der Waals surface area contributed by atoms with Crippen LogP contribution in [-0.4, -0.2) is 153 Å². The van der Waals surface area contributed by atoms with Gasteiger partial charge >= 0.3 is 11.9 Å². The first-order valence-electron chi connectivity index (χ1n) is 23.7. The number of hydrogen-bond acceptors (Lipinski definition) is 18. The van der Waals surface area contributed by atoms with Crippen molar-refractivity contribution in [2.24, 2.45) is 11.8 Å². The van der Waals surface area contributed by atoms with Crippen molar-refractivity contribution in [2.75, 3.05) is 116 Å². The molecule has 0 amide bonds. The number of ether oxygens (including phenoxy) is 2. The van der Waals surface area contributed by atoms with Crippen molar-refractivity contribution in [3.05, 3.63) is 76.3 Å². The Bertz CT molecular complexity index is 2390. The fourth-order valence-electron chi connectivity index (χ4n) is 8.02. The molecule has 2 fully saturated rings. The van der Waals surface area contributed by atoms with Crippen molar-refractivity contribution in [2.45, 2.75) is 76.3 Å². The summed E-state index contributed by atoms with van der Waals surface area (Å²) in [5.41, 5.74) is 4.98. The highest BCUT2D eigenvalue weighted by Crippen LogP contribution is 2.32. The van der Waals surface area contributed by atoms with E-state index in [-0.39, 0.29) is 54.4 Å². The van der Waals surface area contributed by atoms with Crippen molar-refractivity contribution >= 4 is 74.1 Å². The minimum absolute atomic E-state index is 0.0132. The van der Waals surface area contributed by atoms with E-state index >= 15 is 0 Å². The number of hydrogen-bond donors (Lipinski definition) is 5. The number of aliphatic hydroxyl groups is 2. The minimum atomic E-state index is -1.12. The first-order chi connectivity index (χ1) is 33.2. The predicted molar refractivity (Wildman–Crippen MR) is 272 cm³/mol. The standard InChI is InChI=1S/C24H33N5O4S.C13H18N2O2.C11H16ClN3O2S/c1-4-33-23(31)17-5-7-18(8-6-17)28-10-12-29(13-11-28)24-26-19-9-14-34(32)21(19)22(27-24)25-20(15-30)16(2)3;1-2-17-13(16)11-3-5-12(6-4-11)15-9-7-14-8-10-15;1-6(2)8(5-16)13-10-9-7(3-4-18(9)17)14-11(12)15-10/h5-8,16,20,30H,4,9-15H2,1-3H3,(H,25,26,27);3-6,14H,2,7-10H2,1H3;6,8,16H,3-5H2,1-2H3,(H,13,14,15)/t20-,34?;;8-,18?/m0.0/s1. The van der Waals surface area contributed by atoms with E-state index < -0.39 is 21.6 Å². The second-order valence-corrected chi connectivity index (χ2v) is 20.8. The van der Waals surface area contributed by atoms with E-state index in [9.17, 15) is 28.2 Å². The molecule has 8 rings (SSSR count). The lowest BCUT2D eigenvalue weighted by molar-refractivity contribution is 0.0517. The van der Waals surface area contributed by atoms with Crippen LogP contribution in [-0.2, 0) is 43.9 Å². The smallest absolute Gasteiger partial charge is 0.338 e. The van der Waals surface area contributed by atoms with Crippen molar-refractivity contribution in [1.82, 2.24) is 25.3 Å². The fourth-order valence-corrected chi connectivity index (χ4v) is 10.8. The van der Waals surface area contributed by atoms with Gasteiger partial charge in [-0.25, -0.2) is 19.6 Å². The predicted octanol–water partition coefficient (Wildman–Crippen LogP) is 4.57. The van der Waals surface area contributed by atoms with Crippen LogP contribution in [0.2, 0.25) is 5.28 Å². The van der Waals surface area contributed by atoms with Crippen LogP contribution >= 0.6 is 11.6 Å². The van der Waals surface area contributed by atoms with E-state index in [2.05, 4.69) is 40.6 Å². The van der Waals surface area contributed by atoms with Gasteiger partial charge in [-0.1, -0.05) is 27.7 Å². The van der Waals surface area contributed by atoms with Crippen LogP contribution in [0.1, 0.15) is 73.6 Å². The van der Waals surface area contributed by atoms with Gasteiger partial charge in [0.25, 0.3) is 0 Å². The van der Waals surface area contributed by atoms with Crippen molar-refractivity contribution in [1.29, 1.82) is 0 Å². The Morgan fingerprint density at radius 3 is 1.51 bits per heavy atom. The first kappa shape index (κ1) is 53.4. The van der Waals surface area contributed by atoms with Crippen molar-refractivity contribution in [3.63, 3.8) is 0 Å². The average Bonchev–Trinajstić information content (AvgIpc) is 3.93. The summed E-state index contributed by atoms with van der Waals surface area (Å²) in [4.78, 5) is 49.2. The molecule has 6 heterocycles. The summed E-state index contributed by atoms with van der Waals surface area (Å²) in [5, 5.41) is 29.0. The number of esters is 2. The van der Waals surface area contributed by atoms with E-state index in [1.165, 1.54) is 5.69 Å². The second kappa shape index (κ2) is 25.7. The minimum Gasteiger partial charge on any atom is -0.462 e. The summed E-state index contributed by atoms with van der Waals surface area (Å²) in [6, 6.07) is 14.8. The maximum atomic E-state index is 12.6. The monoisotopic (exact) mass is 1010 g/mol. The molecule has 4 atom stereocenters. The number of aryl methyl sites for hydroxylation is 2. The van der Waals surface area contributed by atoms with Gasteiger partial charge in [0.1, 0.15) is 21.4 Å². The summed E-state index contributed by atoms with van der Waals surface area (Å²) >= 11 is 5.86. The van der Waals surface area contributed by atoms with Gasteiger partial charge in [-0.15, -0.1) is 0 Å². The van der Waals surface area contributed by atoms with Gasteiger partial charge in [0.15, 0.2) is 0 Å². The largest absolute Gasteiger partial charge is 0.462 e. The van der Waals surface area contributed by atoms with Gasteiger partial charge in [-0.2, -0.15) is 9.97 Å². The number of benzene rings is 2. The molecule has 18 nitrogen and oxygen atoms in total. The molecular weight excluding hydrogens is 944 g/mol. The quantitative estimate of drug-likeness (QED) is 0.0813. The number of halogens is 1. The number of piperazine rings is 2. The lowest BCUT2D eigenvalue weighted by Crippen LogP contribution is -2.47. The molecule has 21 heteroatoms. The zero-order valence-electron chi connectivity index (χ0n) is 40.4. The molecule has 2 aromatic heterocycles. The van der Waals surface area contributed by atoms with E-state index in [0.29, 0.717) is 76.1 Å². The Kier molecular flexibility index (Phi) is 19.9. The maximum absolute atomic E-state index is 12.6. The number of aliphatic hydroxyl groups excluding tert-OH is 2. The van der Waals surface area contributed by atoms with Crippen molar-refractivity contribution in [3.8, 4) is 0 Å². The number of carbonyl (C=O) groups is 2. The molecule has 4 aliphatic rings. The van der Waals surface area contributed by atoms with E-state index in [0.717, 1.165) is 69.4 Å². The first-order valence-corrected chi connectivity index (χ1v) is 26.7. The zero-order chi connectivity index (χ0) is 49.6. The molecule has 376 valence electrons. The normalized spacial score (nSPS) is 18.3. The van der Waals surface area contributed by atoms with Gasteiger partial charge < -0.3 is 50.3 Å². The zero-order valence-corrected chi connectivity index (χ0v) is 42.8. The summed E-state index contributed by atoms with van der Waals surface area (Å²) in [6.45, 7) is 19.5. The highest BCUT2D eigenvalue weighted by molar-refractivity contribution is 7.85. The van der Waals surface area contributed by atoms with Crippen LogP contribution in [0.15, 0.2) is 58.3 Å². The number of fused-ring (bicyclic) bond motifs is 2. The van der Waals surface area contributed by atoms with Crippen LogP contribution in [0.5, 0.6) is 0 Å². The Hall–Kier alpha value is -4.99. The van der Waals surface area contributed by atoms with E-state index in [4.69, 9.17) is 31.0 Å². The molecule has 2 saturated heterocycles. The molecule has 0 radical (unpaired) electrons. The van der Waals surface area contributed by atoms with E-state index in [1.54, 1.807) is 19.1 Å². The van der Waals surface area contributed by atoms with Gasteiger partial charge in [0, 0.05) is 88.1 Å². The summed E-state index contributed by atoms with van der Waals surface area (Å²) in [7, 11) is -2.20. The van der Waals surface area contributed by atoms with Crippen LogP contribution in [0.25, 0.3) is 0 Å². The second-order valence-electron chi connectivity index (χ2n) is 17.5. The number of aromatic nitrogens is 4. The molecule has 0 spiro atoms. The van der Waals surface area contributed by atoms with Gasteiger partial charge in [0.05, 0.1) is 82.6 Å². The highest BCUT2D eigenvalue weighted by Gasteiger charge is 2.31. The fraction of sp³-hybridized carbons (Fsp3) is 0.542. The number of anilines is 5. The molecule has 4 aromatic rings. The third kappa shape index (κ3) is 14.1. The summed E-state index contributed by atoms with van der Waals surface area (Å²) < 4.78 is 34.5. The number of carbonyl (C=O) groups excluding carboxylic acids is 2. The molecule has 2 aromatic carbocycles. The third-order valence-electron chi connectivity index (χ3n) is 12.2. The Balaban J connectivity index is 0.000000188. The topological polar surface area (TPSA) is 225 Å². The lowest BCUT2D eigenvalue weighted by atomic mass is 10.1. The number of nitrogens with one attached hydrogen (secondary N) is 3. The van der Waals surface area contributed by atoms with Gasteiger partial charge in [-0.3, -0.25) is 8.42 Å². The number of nitrogens with zero attached hydrogens (tertiary/aromatic N) is 7. The Morgan fingerprint density at radius 1 is 0.652 bits per heavy atom. The molecule has 0 bridgehead atoms. The van der Waals surface area contributed by atoms with Gasteiger partial charge in [0.2, 0.25) is 11.2 Å². The SMILES string of the molecule is CC(C)[C@H](CO)Nc1nc(Cl)nc2c1S(=O)CC2.CCOC(=O)c1ccc(N2CCN(c3nc4c(c(N[C@@H](CO)C(C)C)n3)S(=O)CC4)CC2)cc1.CCOC(=O)c1ccc(N2CCNCC2)cc1. The maximum Gasteiger partial charge on any atom is 0.338 e. The summed E-state index contributed by atoms with van der Waals surface area (Å²) in [5.74, 6) is 2.71. The molecule has 2 unspecified atom stereocenters. The van der Waals surface area contributed by atoms with Gasteiger partial charge in [-0.05, 0) is 85.8 Å². The van der Waals surface area contributed by atoms with Crippen LogP contribution < -0.4 is 30.7 Å². The molecule has 0 saturated carbocycles. The third-order valence-corrected chi connectivity index (χ3v) is 15.2. The Morgan fingerprint density at radius 2 is 1.07 bits per heavy atom. The summed E-state index contributed by atoms with van der Waals surface area (Å²) in [6.07, 6.45) is 1.33. The molecule has 69 heavy (non-hydrogen) atoms. The van der Waals surface area contributed by atoms with Crippen molar-refractivity contribution < 1.29 is 37.7 Å². The van der Waals surface area contributed by atoms with Crippen LogP contribution in [0.4, 0.5) is 29.0 Å². The number of rotatable bonds is 15. The molecule has 5 N–H and O–H groups in total. The molecule has 0 aliphatic carbocycles. The lowest BCUT2D eigenvalue weighted by Gasteiger charge is -2.36. The van der Waals surface area contributed by atoms with Crippen LogP contribution in [0.3, 0.4) is 0 Å². The average molecular weight is 1010 g/mol. The van der Waals surface area contributed by atoms with E-state index in [1.807, 2.05) is 71.0 Å². The molecular formula is C48H67ClN10O8S2. The highest BCUT2D eigenvalue weighted by atomic mass is 35.5. The molecule has 4 aliphatic heterocycles. The van der Waals surface area contributed by atoms with Crippen LogP contribution in [0, 0.1) is 11.8 Å².